The molecule has 0 saturated carbocycles. The van der Waals surface area contributed by atoms with Crippen molar-refractivity contribution in [1.82, 2.24) is 0 Å². The summed E-state index contributed by atoms with van der Waals surface area (Å²) in [4.78, 5) is 11.2. The van der Waals surface area contributed by atoms with E-state index in [-0.39, 0.29) is 17.5 Å². The van der Waals surface area contributed by atoms with Crippen LogP contribution in [-0.4, -0.2) is 16.3 Å². The predicted molar refractivity (Wildman–Crippen MR) is 63.0 cm³/mol. The standard InChI is InChI=1S/C11H14FNO2S/c1-7(2-5-11(14)15)16-10-4-3-8(12)6-9(10)13/h3-4,6-7H,2,5,13H2,1H3,(H,14,15). The van der Waals surface area contributed by atoms with Crippen molar-refractivity contribution in [2.75, 3.05) is 5.73 Å². The maximum absolute atomic E-state index is 12.8. The van der Waals surface area contributed by atoms with Gasteiger partial charge in [-0.05, 0) is 24.6 Å². The van der Waals surface area contributed by atoms with Crippen LogP contribution in [0.2, 0.25) is 0 Å². The summed E-state index contributed by atoms with van der Waals surface area (Å²) in [5.41, 5.74) is 6.04. The fourth-order valence-corrected chi connectivity index (χ4v) is 2.24. The van der Waals surface area contributed by atoms with E-state index in [0.717, 1.165) is 4.90 Å². The fourth-order valence-electron chi connectivity index (χ4n) is 1.23. The Kier molecular flexibility index (Phi) is 4.61. The molecule has 16 heavy (non-hydrogen) atoms. The highest BCUT2D eigenvalue weighted by molar-refractivity contribution is 8.00. The minimum absolute atomic E-state index is 0.134. The average Bonchev–Trinajstić information content (AvgIpc) is 2.19. The highest BCUT2D eigenvalue weighted by atomic mass is 32.2. The third-order valence-electron chi connectivity index (χ3n) is 2.06. The Hall–Kier alpha value is -1.23. The normalized spacial score (nSPS) is 12.4. The Bertz CT molecular complexity index is 384. The van der Waals surface area contributed by atoms with Gasteiger partial charge in [0.1, 0.15) is 5.82 Å². The summed E-state index contributed by atoms with van der Waals surface area (Å²) in [6.45, 7) is 1.93. The summed E-state index contributed by atoms with van der Waals surface area (Å²) in [7, 11) is 0. The third kappa shape index (κ3) is 4.10. The molecule has 3 nitrogen and oxygen atoms in total. The molecule has 1 aromatic rings. The zero-order chi connectivity index (χ0) is 12.1. The monoisotopic (exact) mass is 243 g/mol. The molecular formula is C11H14FNO2S. The maximum Gasteiger partial charge on any atom is 0.303 e. The minimum atomic E-state index is -0.806. The molecule has 0 amide bonds. The lowest BCUT2D eigenvalue weighted by Crippen LogP contribution is -2.03. The molecule has 1 rings (SSSR count). The molecular weight excluding hydrogens is 229 g/mol. The lowest BCUT2D eigenvalue weighted by Gasteiger charge is -2.11. The van der Waals surface area contributed by atoms with Crippen LogP contribution >= 0.6 is 11.8 Å². The third-order valence-corrected chi connectivity index (χ3v) is 3.33. The molecule has 0 aromatic heterocycles. The first-order valence-corrected chi connectivity index (χ1v) is 5.80. The first-order chi connectivity index (χ1) is 7.49. The number of hydrogen-bond donors (Lipinski definition) is 2. The Morgan fingerprint density at radius 1 is 1.62 bits per heavy atom. The molecule has 5 heteroatoms. The molecule has 0 radical (unpaired) electrons. The first kappa shape index (κ1) is 12.8. The van der Waals surface area contributed by atoms with Gasteiger partial charge < -0.3 is 10.8 Å². The number of carboxylic acid groups (broad SMARTS) is 1. The van der Waals surface area contributed by atoms with Gasteiger partial charge in [-0.1, -0.05) is 6.92 Å². The van der Waals surface area contributed by atoms with Gasteiger partial charge in [-0.3, -0.25) is 4.79 Å². The van der Waals surface area contributed by atoms with Crippen molar-refractivity contribution < 1.29 is 14.3 Å². The number of benzene rings is 1. The quantitative estimate of drug-likeness (QED) is 0.616. The zero-order valence-electron chi connectivity index (χ0n) is 8.94. The molecule has 0 fully saturated rings. The van der Waals surface area contributed by atoms with Gasteiger partial charge in [0.15, 0.2) is 0 Å². The van der Waals surface area contributed by atoms with Crippen molar-refractivity contribution in [3.63, 3.8) is 0 Å². The zero-order valence-corrected chi connectivity index (χ0v) is 9.76. The molecule has 88 valence electrons. The second-order valence-corrected chi connectivity index (χ2v) is 5.02. The van der Waals surface area contributed by atoms with E-state index < -0.39 is 5.97 Å². The van der Waals surface area contributed by atoms with Crippen molar-refractivity contribution in [2.24, 2.45) is 0 Å². The Balaban J connectivity index is 2.55. The Labute approximate surface area is 97.8 Å². The summed E-state index contributed by atoms with van der Waals surface area (Å²) in [5.74, 6) is -1.17. The largest absolute Gasteiger partial charge is 0.481 e. The molecule has 0 aliphatic rings. The highest BCUT2D eigenvalue weighted by Crippen LogP contribution is 2.30. The van der Waals surface area contributed by atoms with Crippen LogP contribution in [0.4, 0.5) is 10.1 Å². The number of nitrogens with two attached hydrogens (primary N) is 1. The first-order valence-electron chi connectivity index (χ1n) is 4.92. The number of hydrogen-bond acceptors (Lipinski definition) is 3. The Morgan fingerprint density at radius 2 is 2.31 bits per heavy atom. The molecule has 0 saturated heterocycles. The summed E-state index contributed by atoms with van der Waals surface area (Å²) in [6.07, 6.45) is 0.700. The van der Waals surface area contributed by atoms with Crippen molar-refractivity contribution in [1.29, 1.82) is 0 Å². The predicted octanol–water partition coefficient (Wildman–Crippen LogP) is 2.75. The van der Waals surface area contributed by atoms with E-state index in [1.165, 1.54) is 23.9 Å². The molecule has 0 spiro atoms. The second kappa shape index (κ2) is 5.75. The number of anilines is 1. The van der Waals surface area contributed by atoms with Crippen molar-refractivity contribution in [2.45, 2.75) is 29.9 Å². The van der Waals surface area contributed by atoms with Gasteiger partial charge >= 0.3 is 5.97 Å². The average molecular weight is 243 g/mol. The number of carboxylic acids is 1. The van der Waals surface area contributed by atoms with E-state index in [9.17, 15) is 9.18 Å². The summed E-state index contributed by atoms with van der Waals surface area (Å²) < 4.78 is 12.8. The maximum atomic E-state index is 12.8. The van der Waals surface area contributed by atoms with Gasteiger partial charge in [0.05, 0.1) is 0 Å². The van der Waals surface area contributed by atoms with Gasteiger partial charge in [0.2, 0.25) is 0 Å². The highest BCUT2D eigenvalue weighted by Gasteiger charge is 2.09. The lowest BCUT2D eigenvalue weighted by molar-refractivity contribution is -0.137. The van der Waals surface area contributed by atoms with Crippen LogP contribution in [-0.2, 0) is 4.79 Å². The topological polar surface area (TPSA) is 63.3 Å². The summed E-state index contributed by atoms with van der Waals surface area (Å²) in [5, 5.41) is 8.68. The van der Waals surface area contributed by atoms with E-state index in [0.29, 0.717) is 12.1 Å². The van der Waals surface area contributed by atoms with Gasteiger partial charge in [-0.15, -0.1) is 11.8 Å². The van der Waals surface area contributed by atoms with Crippen LogP contribution in [0.5, 0.6) is 0 Å². The van der Waals surface area contributed by atoms with Gasteiger partial charge in [0.25, 0.3) is 0 Å². The van der Waals surface area contributed by atoms with Gasteiger partial charge in [0, 0.05) is 22.3 Å². The number of carbonyl (C=O) groups is 1. The Morgan fingerprint density at radius 3 is 2.88 bits per heavy atom. The van der Waals surface area contributed by atoms with Crippen LogP contribution in [0.1, 0.15) is 19.8 Å². The number of nitrogen functional groups attached to an aromatic ring is 1. The van der Waals surface area contributed by atoms with E-state index >= 15 is 0 Å². The molecule has 0 aliphatic heterocycles. The van der Waals surface area contributed by atoms with Crippen molar-refractivity contribution >= 4 is 23.4 Å². The molecule has 0 bridgehead atoms. The fraction of sp³-hybridized carbons (Fsp3) is 0.364. The number of aliphatic carboxylic acids is 1. The van der Waals surface area contributed by atoms with Crippen LogP contribution in [0.15, 0.2) is 23.1 Å². The van der Waals surface area contributed by atoms with Crippen molar-refractivity contribution in [3.8, 4) is 0 Å². The number of halogens is 1. The van der Waals surface area contributed by atoms with Crippen molar-refractivity contribution in [3.05, 3.63) is 24.0 Å². The van der Waals surface area contributed by atoms with E-state index in [1.807, 2.05) is 6.92 Å². The van der Waals surface area contributed by atoms with Gasteiger partial charge in [-0.2, -0.15) is 0 Å². The lowest BCUT2D eigenvalue weighted by atomic mass is 10.2. The van der Waals surface area contributed by atoms with Crippen LogP contribution in [0.3, 0.4) is 0 Å². The van der Waals surface area contributed by atoms with Crippen LogP contribution in [0, 0.1) is 5.82 Å². The second-order valence-electron chi connectivity index (χ2n) is 3.54. The van der Waals surface area contributed by atoms with Crippen LogP contribution in [0.25, 0.3) is 0 Å². The molecule has 0 heterocycles. The van der Waals surface area contributed by atoms with E-state index in [2.05, 4.69) is 0 Å². The summed E-state index contributed by atoms with van der Waals surface area (Å²) in [6, 6.07) is 4.24. The molecule has 1 atom stereocenters. The molecule has 3 N–H and O–H groups in total. The molecule has 0 aliphatic carbocycles. The summed E-state index contributed by atoms with van der Waals surface area (Å²) >= 11 is 1.47. The SMILES string of the molecule is CC(CCC(=O)O)Sc1ccc(F)cc1N. The van der Waals surface area contributed by atoms with Gasteiger partial charge in [-0.25, -0.2) is 4.39 Å². The molecule has 1 aromatic carbocycles. The molecule has 1 unspecified atom stereocenters. The smallest absolute Gasteiger partial charge is 0.303 e. The van der Waals surface area contributed by atoms with E-state index in [4.69, 9.17) is 10.8 Å². The number of thioether (sulfide) groups is 1. The number of rotatable bonds is 5. The minimum Gasteiger partial charge on any atom is -0.481 e. The van der Waals surface area contributed by atoms with E-state index in [1.54, 1.807) is 6.07 Å². The van der Waals surface area contributed by atoms with Crippen LogP contribution < -0.4 is 5.73 Å².